The highest BCUT2D eigenvalue weighted by molar-refractivity contribution is 4.77. The number of ether oxygens (including phenoxy) is 1. The quantitative estimate of drug-likeness (QED) is 0.223. The third-order valence-electron chi connectivity index (χ3n) is 5.32. The summed E-state index contributed by atoms with van der Waals surface area (Å²) in [5.74, 6) is 0. The van der Waals surface area contributed by atoms with Gasteiger partial charge in [0.05, 0.1) is 11.2 Å². The predicted molar refractivity (Wildman–Crippen MR) is 114 cm³/mol. The summed E-state index contributed by atoms with van der Waals surface area (Å²) in [5.41, 5.74) is 0.0437. The average molecular weight is 355 g/mol. The number of rotatable bonds is 18. The summed E-state index contributed by atoms with van der Waals surface area (Å²) in [7, 11) is 0. The Morgan fingerprint density at radius 2 is 0.720 bits per heavy atom. The Labute approximate surface area is 160 Å². The fraction of sp³-hybridized carbons (Fsp3) is 1.00. The molecule has 0 aliphatic heterocycles. The Hall–Kier alpha value is -0.0400. The van der Waals surface area contributed by atoms with Crippen molar-refractivity contribution in [3.05, 3.63) is 0 Å². The molecule has 0 heterocycles. The Morgan fingerprint density at radius 3 is 1.04 bits per heavy atom. The summed E-state index contributed by atoms with van der Waals surface area (Å²) in [4.78, 5) is 0. The smallest absolute Gasteiger partial charge is 0.0633 e. The summed E-state index contributed by atoms with van der Waals surface area (Å²) in [6.45, 7) is 13.7. The molecule has 152 valence electrons. The van der Waals surface area contributed by atoms with Crippen LogP contribution < -0.4 is 0 Å². The summed E-state index contributed by atoms with van der Waals surface area (Å²) >= 11 is 0. The predicted octanol–water partition coefficient (Wildman–Crippen LogP) is 8.84. The van der Waals surface area contributed by atoms with E-state index < -0.39 is 0 Å². The van der Waals surface area contributed by atoms with Gasteiger partial charge in [-0.05, 0) is 40.5 Å². The molecule has 0 fully saturated rings. The zero-order valence-corrected chi connectivity index (χ0v) is 18.7. The molecular formula is C24H50O. The van der Waals surface area contributed by atoms with E-state index in [1.54, 1.807) is 0 Å². The fourth-order valence-corrected chi connectivity index (χ4v) is 3.87. The van der Waals surface area contributed by atoms with Gasteiger partial charge in [-0.3, -0.25) is 0 Å². The Balaban J connectivity index is 3.77. The van der Waals surface area contributed by atoms with Gasteiger partial charge in [0, 0.05) is 0 Å². The second-order valence-electron chi connectivity index (χ2n) is 9.36. The lowest BCUT2D eigenvalue weighted by Gasteiger charge is -2.36. The van der Waals surface area contributed by atoms with Crippen molar-refractivity contribution in [3.63, 3.8) is 0 Å². The molecule has 0 aliphatic carbocycles. The minimum absolute atomic E-state index is 0.0219. The first kappa shape index (κ1) is 25.0. The van der Waals surface area contributed by atoms with E-state index in [0.29, 0.717) is 0 Å². The minimum atomic E-state index is 0.0219. The SMILES string of the molecule is CCCCCCCCCC(C)(C)OC(C)(C)CCCCCCCCC. The molecule has 0 spiro atoms. The van der Waals surface area contributed by atoms with Crippen molar-refractivity contribution in [3.8, 4) is 0 Å². The van der Waals surface area contributed by atoms with Crippen LogP contribution in [0.25, 0.3) is 0 Å². The van der Waals surface area contributed by atoms with E-state index in [2.05, 4.69) is 41.5 Å². The van der Waals surface area contributed by atoms with Crippen molar-refractivity contribution >= 4 is 0 Å². The molecule has 0 aromatic carbocycles. The van der Waals surface area contributed by atoms with Crippen LogP contribution in [0.15, 0.2) is 0 Å². The first-order valence-corrected chi connectivity index (χ1v) is 11.5. The molecule has 0 aromatic heterocycles. The maximum atomic E-state index is 6.52. The van der Waals surface area contributed by atoms with Gasteiger partial charge >= 0.3 is 0 Å². The van der Waals surface area contributed by atoms with Crippen LogP contribution in [0.5, 0.6) is 0 Å². The second-order valence-corrected chi connectivity index (χ2v) is 9.36. The van der Waals surface area contributed by atoms with Crippen molar-refractivity contribution < 1.29 is 4.74 Å². The van der Waals surface area contributed by atoms with Crippen molar-refractivity contribution in [1.82, 2.24) is 0 Å². The number of hydrogen-bond acceptors (Lipinski definition) is 1. The fourth-order valence-electron chi connectivity index (χ4n) is 3.87. The molecule has 25 heavy (non-hydrogen) atoms. The summed E-state index contributed by atoms with van der Waals surface area (Å²) in [6, 6.07) is 0. The van der Waals surface area contributed by atoms with Crippen molar-refractivity contribution in [1.29, 1.82) is 0 Å². The van der Waals surface area contributed by atoms with E-state index >= 15 is 0 Å². The molecule has 0 amide bonds. The molecule has 0 bridgehead atoms. The van der Waals surface area contributed by atoms with E-state index in [0.717, 1.165) is 0 Å². The Morgan fingerprint density at radius 1 is 0.440 bits per heavy atom. The van der Waals surface area contributed by atoms with Crippen LogP contribution in [-0.2, 0) is 4.74 Å². The van der Waals surface area contributed by atoms with E-state index in [4.69, 9.17) is 4.74 Å². The van der Waals surface area contributed by atoms with Crippen LogP contribution in [0.2, 0.25) is 0 Å². The lowest BCUT2D eigenvalue weighted by atomic mass is 9.95. The minimum Gasteiger partial charge on any atom is -0.370 e. The van der Waals surface area contributed by atoms with E-state index in [-0.39, 0.29) is 11.2 Å². The molecule has 0 aliphatic rings. The molecule has 0 aromatic rings. The molecule has 0 rings (SSSR count). The largest absolute Gasteiger partial charge is 0.370 e. The average Bonchev–Trinajstić information content (AvgIpc) is 2.52. The van der Waals surface area contributed by atoms with Gasteiger partial charge in [-0.2, -0.15) is 0 Å². The molecule has 1 heteroatoms. The van der Waals surface area contributed by atoms with Gasteiger partial charge in [0.2, 0.25) is 0 Å². The lowest BCUT2D eigenvalue weighted by molar-refractivity contribution is -0.130. The van der Waals surface area contributed by atoms with Gasteiger partial charge in [0.15, 0.2) is 0 Å². The maximum Gasteiger partial charge on any atom is 0.0633 e. The van der Waals surface area contributed by atoms with Crippen LogP contribution in [0.3, 0.4) is 0 Å². The normalized spacial score (nSPS) is 12.7. The zero-order valence-electron chi connectivity index (χ0n) is 18.7. The van der Waals surface area contributed by atoms with Gasteiger partial charge in [0.25, 0.3) is 0 Å². The molecule has 0 N–H and O–H groups in total. The van der Waals surface area contributed by atoms with Gasteiger partial charge in [-0.15, -0.1) is 0 Å². The first-order valence-electron chi connectivity index (χ1n) is 11.5. The third-order valence-corrected chi connectivity index (χ3v) is 5.32. The van der Waals surface area contributed by atoms with Crippen molar-refractivity contribution in [2.45, 2.75) is 155 Å². The van der Waals surface area contributed by atoms with Crippen LogP contribution in [0, 0.1) is 0 Å². The lowest BCUT2D eigenvalue weighted by Crippen LogP contribution is -2.37. The molecule has 0 saturated carbocycles. The highest BCUT2D eigenvalue weighted by Gasteiger charge is 2.28. The number of unbranched alkanes of at least 4 members (excludes halogenated alkanes) is 12. The topological polar surface area (TPSA) is 9.23 Å². The highest BCUT2D eigenvalue weighted by atomic mass is 16.5. The van der Waals surface area contributed by atoms with E-state index in [1.165, 1.54) is 103 Å². The third kappa shape index (κ3) is 17.1. The standard InChI is InChI=1S/C24H50O/c1-7-9-11-13-15-17-19-21-23(3,4)25-24(5,6)22-20-18-16-14-12-10-8-2/h7-22H2,1-6H3. The highest BCUT2D eigenvalue weighted by Crippen LogP contribution is 2.29. The van der Waals surface area contributed by atoms with Crippen molar-refractivity contribution in [2.75, 3.05) is 0 Å². The van der Waals surface area contributed by atoms with Crippen LogP contribution in [0.1, 0.15) is 144 Å². The zero-order chi connectivity index (χ0) is 19.0. The van der Waals surface area contributed by atoms with Crippen LogP contribution >= 0.6 is 0 Å². The summed E-state index contributed by atoms with van der Waals surface area (Å²) in [6.07, 6.45) is 21.7. The van der Waals surface area contributed by atoms with Crippen molar-refractivity contribution in [2.24, 2.45) is 0 Å². The summed E-state index contributed by atoms with van der Waals surface area (Å²) < 4.78 is 6.52. The second kappa shape index (κ2) is 15.1. The first-order chi connectivity index (χ1) is 11.8. The van der Waals surface area contributed by atoms with Crippen LogP contribution in [-0.4, -0.2) is 11.2 Å². The molecular weight excluding hydrogens is 304 g/mol. The van der Waals surface area contributed by atoms with E-state index in [9.17, 15) is 0 Å². The Bertz CT molecular complexity index is 252. The molecule has 1 nitrogen and oxygen atoms in total. The maximum absolute atomic E-state index is 6.52. The number of hydrogen-bond donors (Lipinski definition) is 0. The van der Waals surface area contributed by atoms with E-state index in [1.807, 2.05) is 0 Å². The monoisotopic (exact) mass is 354 g/mol. The molecule has 0 saturated heterocycles. The van der Waals surface area contributed by atoms with Gasteiger partial charge < -0.3 is 4.74 Å². The van der Waals surface area contributed by atoms with Gasteiger partial charge in [0.1, 0.15) is 0 Å². The van der Waals surface area contributed by atoms with Crippen LogP contribution in [0.4, 0.5) is 0 Å². The molecule has 0 unspecified atom stereocenters. The molecule has 0 radical (unpaired) electrons. The van der Waals surface area contributed by atoms with Gasteiger partial charge in [-0.25, -0.2) is 0 Å². The molecule has 0 atom stereocenters. The summed E-state index contributed by atoms with van der Waals surface area (Å²) in [5, 5.41) is 0. The van der Waals surface area contributed by atoms with Gasteiger partial charge in [-0.1, -0.05) is 104 Å². The Kier molecular flexibility index (Phi) is 15.0.